The first-order valence-corrected chi connectivity index (χ1v) is 4.96. The lowest BCUT2D eigenvalue weighted by Crippen LogP contribution is -1.91. The number of anilines is 1. The van der Waals surface area contributed by atoms with Crippen molar-refractivity contribution in [2.24, 2.45) is 0 Å². The summed E-state index contributed by atoms with van der Waals surface area (Å²) >= 11 is 3.38. The van der Waals surface area contributed by atoms with E-state index >= 15 is 0 Å². The second-order valence-corrected chi connectivity index (χ2v) is 3.28. The average Bonchev–Trinajstić information content (AvgIpc) is 2.15. The molecule has 2 radical (unpaired) electrons. The zero-order chi connectivity index (χ0) is 8.81. The average molecular weight is 227 g/mol. The van der Waals surface area contributed by atoms with Crippen molar-refractivity contribution in [2.75, 3.05) is 10.6 Å². The van der Waals surface area contributed by atoms with E-state index in [9.17, 15) is 0 Å². The molecule has 2 nitrogen and oxygen atoms in total. The number of hydrogen-bond acceptors (Lipinski definition) is 2. The molecule has 0 amide bonds. The fourth-order valence-electron chi connectivity index (χ4n) is 0.929. The van der Waals surface area contributed by atoms with Crippen LogP contribution in [-0.2, 0) is 6.42 Å². The van der Waals surface area contributed by atoms with Crippen LogP contribution in [0.1, 0.15) is 12.0 Å². The van der Waals surface area contributed by atoms with E-state index in [0.717, 1.165) is 18.2 Å². The zero-order valence-corrected chi connectivity index (χ0v) is 8.34. The highest BCUT2D eigenvalue weighted by molar-refractivity contribution is 9.09. The smallest absolute Gasteiger partial charge is 0.126 e. The first-order valence-electron chi connectivity index (χ1n) is 3.84. The first kappa shape index (κ1) is 9.52. The summed E-state index contributed by atoms with van der Waals surface area (Å²) in [5, 5.41) is 3.52. The van der Waals surface area contributed by atoms with Crippen LogP contribution in [0.25, 0.3) is 0 Å². The van der Waals surface area contributed by atoms with Crippen molar-refractivity contribution in [2.45, 2.75) is 12.8 Å². The van der Waals surface area contributed by atoms with Crippen molar-refractivity contribution in [3.63, 3.8) is 0 Å². The van der Waals surface area contributed by atoms with Gasteiger partial charge in [-0.15, -0.1) is 0 Å². The normalized spacial score (nSPS) is 9.83. The van der Waals surface area contributed by atoms with Crippen LogP contribution >= 0.6 is 15.9 Å². The second kappa shape index (κ2) is 5.14. The number of hydrogen-bond donors (Lipinski definition) is 1. The van der Waals surface area contributed by atoms with Gasteiger partial charge < -0.3 is 5.32 Å². The Morgan fingerprint density at radius 3 is 2.83 bits per heavy atom. The maximum atomic E-state index is 5.18. The van der Waals surface area contributed by atoms with E-state index in [0.29, 0.717) is 5.82 Å². The lowest BCUT2D eigenvalue weighted by molar-refractivity contribution is 0.931. The van der Waals surface area contributed by atoms with Gasteiger partial charge in [-0.3, -0.25) is 0 Å². The molecule has 64 valence electrons. The third-order valence-corrected chi connectivity index (χ3v) is 2.13. The molecule has 1 N–H and O–H groups in total. The fourth-order valence-corrected chi connectivity index (χ4v) is 1.21. The number of aromatic nitrogens is 1. The number of pyridine rings is 1. The summed E-state index contributed by atoms with van der Waals surface area (Å²) < 4.78 is 0. The van der Waals surface area contributed by atoms with Gasteiger partial charge in [0, 0.05) is 11.5 Å². The summed E-state index contributed by atoms with van der Waals surface area (Å²) in [6.45, 7) is 0. The van der Waals surface area contributed by atoms with E-state index in [2.05, 4.69) is 26.2 Å². The van der Waals surface area contributed by atoms with E-state index in [-0.39, 0.29) is 0 Å². The third-order valence-electron chi connectivity index (χ3n) is 1.57. The lowest BCUT2D eigenvalue weighted by Gasteiger charge is -2.00. The summed E-state index contributed by atoms with van der Waals surface area (Å²) in [4.78, 5) is 4.10. The molecule has 0 aliphatic rings. The Kier molecular flexibility index (Phi) is 4.08. The molecule has 12 heavy (non-hydrogen) atoms. The molecule has 0 aromatic carbocycles. The largest absolute Gasteiger partial charge is 0.363 e. The maximum absolute atomic E-state index is 5.18. The van der Waals surface area contributed by atoms with Crippen LogP contribution < -0.4 is 5.32 Å². The van der Waals surface area contributed by atoms with Crippen molar-refractivity contribution < 1.29 is 0 Å². The molecule has 1 rings (SSSR count). The van der Waals surface area contributed by atoms with Crippen molar-refractivity contribution in [3.8, 4) is 0 Å². The van der Waals surface area contributed by atoms with Gasteiger partial charge in [0.15, 0.2) is 0 Å². The van der Waals surface area contributed by atoms with Gasteiger partial charge in [-0.25, -0.2) is 4.98 Å². The predicted octanol–water partition coefficient (Wildman–Crippen LogP) is 2.49. The van der Waals surface area contributed by atoms with Crippen molar-refractivity contribution in [1.29, 1.82) is 0 Å². The Labute approximate surface area is 81.5 Å². The highest BCUT2D eigenvalue weighted by Crippen LogP contribution is 2.06. The molecule has 0 bridgehead atoms. The molecule has 1 aromatic heterocycles. The topological polar surface area (TPSA) is 24.9 Å². The molecule has 0 saturated heterocycles. The highest BCUT2D eigenvalue weighted by Gasteiger charge is 1.93. The first-order chi connectivity index (χ1) is 5.86. The Morgan fingerprint density at radius 1 is 1.50 bits per heavy atom. The van der Waals surface area contributed by atoms with E-state index in [1.165, 1.54) is 5.56 Å². The Morgan fingerprint density at radius 2 is 2.33 bits per heavy atom. The maximum Gasteiger partial charge on any atom is 0.126 e. The van der Waals surface area contributed by atoms with Crippen LogP contribution in [0.2, 0.25) is 0 Å². The Bertz CT molecular complexity index is 220. The summed E-state index contributed by atoms with van der Waals surface area (Å²) in [7, 11) is 5.18. The van der Waals surface area contributed by atoms with Gasteiger partial charge in [0.25, 0.3) is 0 Å². The number of nitrogens with zero attached hydrogens (tertiary/aromatic N) is 1. The molecular formula is C9H11BrN2. The summed E-state index contributed by atoms with van der Waals surface area (Å²) in [5.74, 6) is 0.706. The van der Waals surface area contributed by atoms with Crippen molar-refractivity contribution in [3.05, 3.63) is 30.9 Å². The third kappa shape index (κ3) is 2.81. The molecular weight excluding hydrogens is 216 g/mol. The number of nitrogens with one attached hydrogen (secondary N) is 1. The van der Waals surface area contributed by atoms with Gasteiger partial charge in [-0.1, -0.05) is 22.0 Å². The molecule has 3 heteroatoms. The van der Waals surface area contributed by atoms with Gasteiger partial charge in [0.1, 0.15) is 5.82 Å². The standard InChI is InChI=1S/C9H11BrN2/c1-11-9-5-4-8(7-12-9)3-2-6-10/h1,4-5,7H,2-3,6H2,(H,11,12). The Balaban J connectivity index is 2.53. The highest BCUT2D eigenvalue weighted by atomic mass is 79.9. The Hall–Kier alpha value is -0.570. The lowest BCUT2D eigenvalue weighted by atomic mass is 10.2. The van der Waals surface area contributed by atoms with Crippen LogP contribution in [0, 0.1) is 7.05 Å². The number of alkyl halides is 1. The molecule has 0 saturated carbocycles. The van der Waals surface area contributed by atoms with Crippen molar-refractivity contribution >= 4 is 21.7 Å². The number of aryl methyl sites for hydroxylation is 1. The minimum atomic E-state index is 0.706. The minimum Gasteiger partial charge on any atom is -0.363 e. The molecule has 1 heterocycles. The molecule has 0 spiro atoms. The summed E-state index contributed by atoms with van der Waals surface area (Å²) in [5.41, 5.74) is 1.24. The fraction of sp³-hybridized carbons (Fsp3) is 0.333. The zero-order valence-electron chi connectivity index (χ0n) is 6.76. The molecule has 0 aliphatic heterocycles. The van der Waals surface area contributed by atoms with E-state index in [1.54, 1.807) is 0 Å². The van der Waals surface area contributed by atoms with E-state index in [1.807, 2.05) is 18.3 Å². The van der Waals surface area contributed by atoms with Crippen LogP contribution in [0.5, 0.6) is 0 Å². The molecule has 0 atom stereocenters. The summed E-state index contributed by atoms with van der Waals surface area (Å²) in [6.07, 6.45) is 4.04. The quantitative estimate of drug-likeness (QED) is 0.631. The molecule has 1 aromatic rings. The van der Waals surface area contributed by atoms with Crippen LogP contribution in [0.3, 0.4) is 0 Å². The number of rotatable bonds is 4. The van der Waals surface area contributed by atoms with Crippen LogP contribution in [0.4, 0.5) is 5.82 Å². The van der Waals surface area contributed by atoms with Crippen LogP contribution in [0.15, 0.2) is 18.3 Å². The van der Waals surface area contributed by atoms with Gasteiger partial charge >= 0.3 is 0 Å². The summed E-state index contributed by atoms with van der Waals surface area (Å²) in [6, 6.07) is 3.91. The van der Waals surface area contributed by atoms with Crippen LogP contribution in [-0.4, -0.2) is 10.3 Å². The van der Waals surface area contributed by atoms with Gasteiger partial charge in [0.05, 0.1) is 7.05 Å². The van der Waals surface area contributed by atoms with Crippen molar-refractivity contribution in [1.82, 2.24) is 4.98 Å². The van der Waals surface area contributed by atoms with Gasteiger partial charge in [0.2, 0.25) is 0 Å². The predicted molar refractivity (Wildman–Crippen MR) is 54.3 cm³/mol. The van der Waals surface area contributed by atoms with Gasteiger partial charge in [-0.2, -0.15) is 0 Å². The van der Waals surface area contributed by atoms with E-state index < -0.39 is 0 Å². The molecule has 0 unspecified atom stereocenters. The SMILES string of the molecule is [CH]Nc1ccc(CCCBr)cn1. The minimum absolute atomic E-state index is 0.706. The molecule has 0 fully saturated rings. The molecule has 0 aliphatic carbocycles. The van der Waals surface area contributed by atoms with Gasteiger partial charge in [-0.05, 0) is 24.5 Å². The second-order valence-electron chi connectivity index (χ2n) is 2.49. The number of halogens is 1. The monoisotopic (exact) mass is 226 g/mol. The van der Waals surface area contributed by atoms with E-state index in [4.69, 9.17) is 7.05 Å².